The monoisotopic (exact) mass is 460 g/mol. The second kappa shape index (κ2) is 13.0. The first-order valence-electron chi connectivity index (χ1n) is 8.94. The molecule has 0 saturated heterocycles. The van der Waals surface area contributed by atoms with Crippen LogP contribution in [0.1, 0.15) is 63.4 Å². The van der Waals surface area contributed by atoms with Crippen LogP contribution in [0.25, 0.3) is 0 Å². The van der Waals surface area contributed by atoms with Crippen molar-refractivity contribution in [3.8, 4) is 0 Å². The standard InChI is InChI=1S/C19H32N4O.HI/c1-6-14(4)22-18(24)17-11-9-10-16(12-17)13-21-19(20-8-3)23-15(5)7-2;/h9-12,14-15H,6-8,13H2,1-5H3,(H,22,24)(H2,20,21,23);1H. The number of benzene rings is 1. The first-order valence-corrected chi connectivity index (χ1v) is 8.94. The fraction of sp³-hybridized carbons (Fsp3) is 0.579. The summed E-state index contributed by atoms with van der Waals surface area (Å²) in [6.07, 6.45) is 1.96. The lowest BCUT2D eigenvalue weighted by Crippen LogP contribution is -2.41. The summed E-state index contributed by atoms with van der Waals surface area (Å²) in [5.74, 6) is 0.779. The molecule has 0 aliphatic carbocycles. The van der Waals surface area contributed by atoms with Gasteiger partial charge in [-0.1, -0.05) is 26.0 Å². The maximum absolute atomic E-state index is 12.2. The third kappa shape index (κ3) is 9.09. The van der Waals surface area contributed by atoms with E-state index >= 15 is 0 Å². The van der Waals surface area contributed by atoms with Gasteiger partial charge in [0.15, 0.2) is 5.96 Å². The summed E-state index contributed by atoms with van der Waals surface area (Å²) in [6.45, 7) is 11.7. The average Bonchev–Trinajstić information content (AvgIpc) is 2.59. The summed E-state index contributed by atoms with van der Waals surface area (Å²) >= 11 is 0. The summed E-state index contributed by atoms with van der Waals surface area (Å²) in [5, 5.41) is 9.61. The fourth-order valence-corrected chi connectivity index (χ4v) is 2.05. The normalized spacial score (nSPS) is 13.4. The van der Waals surface area contributed by atoms with Gasteiger partial charge in [0.1, 0.15) is 0 Å². The van der Waals surface area contributed by atoms with E-state index in [1.165, 1.54) is 0 Å². The molecule has 1 aromatic rings. The Balaban J connectivity index is 0.00000576. The lowest BCUT2D eigenvalue weighted by molar-refractivity contribution is 0.0939. The molecule has 6 heteroatoms. The molecule has 5 nitrogen and oxygen atoms in total. The smallest absolute Gasteiger partial charge is 0.251 e. The predicted octanol–water partition coefficient (Wildman–Crippen LogP) is 3.69. The molecule has 0 aliphatic rings. The Labute approximate surface area is 169 Å². The zero-order chi connectivity index (χ0) is 17.9. The largest absolute Gasteiger partial charge is 0.357 e. The Hall–Kier alpha value is -1.31. The van der Waals surface area contributed by atoms with Crippen LogP contribution in [0, 0.1) is 0 Å². The van der Waals surface area contributed by atoms with E-state index in [0.29, 0.717) is 18.2 Å². The topological polar surface area (TPSA) is 65.5 Å². The molecule has 3 N–H and O–H groups in total. The number of guanidine groups is 1. The summed E-state index contributed by atoms with van der Waals surface area (Å²) in [7, 11) is 0. The number of hydrogen-bond acceptors (Lipinski definition) is 2. The highest BCUT2D eigenvalue weighted by Gasteiger charge is 2.09. The molecule has 0 radical (unpaired) electrons. The molecule has 1 aromatic carbocycles. The number of halogens is 1. The van der Waals surface area contributed by atoms with Crippen molar-refractivity contribution in [2.24, 2.45) is 4.99 Å². The lowest BCUT2D eigenvalue weighted by atomic mass is 10.1. The summed E-state index contributed by atoms with van der Waals surface area (Å²) in [5.41, 5.74) is 1.70. The molecule has 0 spiro atoms. The van der Waals surface area contributed by atoms with Gasteiger partial charge in [0.2, 0.25) is 0 Å². The van der Waals surface area contributed by atoms with Crippen LogP contribution in [-0.4, -0.2) is 30.5 Å². The summed E-state index contributed by atoms with van der Waals surface area (Å²) in [6, 6.07) is 8.21. The van der Waals surface area contributed by atoms with E-state index in [1.54, 1.807) is 0 Å². The van der Waals surface area contributed by atoms with Crippen molar-refractivity contribution in [2.45, 2.75) is 66.1 Å². The van der Waals surface area contributed by atoms with E-state index in [1.807, 2.05) is 38.1 Å². The Bertz CT molecular complexity index is 548. The molecule has 1 amide bonds. The molecule has 0 bridgehead atoms. The number of hydrogen-bond donors (Lipinski definition) is 3. The maximum Gasteiger partial charge on any atom is 0.251 e. The zero-order valence-corrected chi connectivity index (χ0v) is 18.4. The van der Waals surface area contributed by atoms with E-state index in [4.69, 9.17) is 0 Å². The van der Waals surface area contributed by atoms with Crippen molar-refractivity contribution in [2.75, 3.05) is 6.54 Å². The molecule has 142 valence electrons. The van der Waals surface area contributed by atoms with E-state index in [2.05, 4.69) is 41.7 Å². The molecule has 2 unspecified atom stereocenters. The van der Waals surface area contributed by atoms with Crippen molar-refractivity contribution in [1.29, 1.82) is 0 Å². The highest BCUT2D eigenvalue weighted by molar-refractivity contribution is 14.0. The van der Waals surface area contributed by atoms with Gasteiger partial charge < -0.3 is 16.0 Å². The number of nitrogens with zero attached hydrogens (tertiary/aromatic N) is 1. The molecule has 2 atom stereocenters. The molecule has 0 heterocycles. The van der Waals surface area contributed by atoms with Crippen LogP contribution in [0.2, 0.25) is 0 Å². The van der Waals surface area contributed by atoms with Gasteiger partial charge in [0, 0.05) is 24.2 Å². The van der Waals surface area contributed by atoms with E-state index in [9.17, 15) is 4.79 Å². The summed E-state index contributed by atoms with van der Waals surface area (Å²) in [4.78, 5) is 16.8. The molecular weight excluding hydrogens is 427 g/mol. The highest BCUT2D eigenvalue weighted by atomic mass is 127. The molecule has 1 rings (SSSR count). The minimum Gasteiger partial charge on any atom is -0.357 e. The van der Waals surface area contributed by atoms with Crippen LogP contribution in [-0.2, 0) is 6.54 Å². The quantitative estimate of drug-likeness (QED) is 0.315. The van der Waals surface area contributed by atoms with Gasteiger partial charge in [0.25, 0.3) is 5.91 Å². The van der Waals surface area contributed by atoms with Crippen molar-refractivity contribution in [3.63, 3.8) is 0 Å². The third-order valence-electron chi connectivity index (χ3n) is 3.94. The van der Waals surface area contributed by atoms with Crippen molar-refractivity contribution < 1.29 is 4.79 Å². The number of aliphatic imine (C=N–C) groups is 1. The van der Waals surface area contributed by atoms with Crippen molar-refractivity contribution in [1.82, 2.24) is 16.0 Å². The maximum atomic E-state index is 12.2. The number of carbonyl (C=O) groups is 1. The molecule has 0 fully saturated rings. The lowest BCUT2D eigenvalue weighted by Gasteiger charge is -2.16. The van der Waals surface area contributed by atoms with Gasteiger partial charge >= 0.3 is 0 Å². The first-order chi connectivity index (χ1) is 11.5. The Morgan fingerprint density at radius 3 is 2.32 bits per heavy atom. The Morgan fingerprint density at radius 1 is 1.08 bits per heavy atom. The van der Waals surface area contributed by atoms with Crippen LogP contribution in [0.5, 0.6) is 0 Å². The number of rotatable bonds is 8. The second-order valence-electron chi connectivity index (χ2n) is 6.13. The predicted molar refractivity (Wildman–Crippen MR) is 117 cm³/mol. The van der Waals surface area contributed by atoms with Crippen LogP contribution in [0.4, 0.5) is 0 Å². The molecule has 0 aromatic heterocycles. The molecule has 0 aliphatic heterocycles. The number of carbonyl (C=O) groups excluding carboxylic acids is 1. The molecular formula is C19H33IN4O. The average molecular weight is 460 g/mol. The van der Waals surface area contributed by atoms with Crippen molar-refractivity contribution in [3.05, 3.63) is 35.4 Å². The van der Waals surface area contributed by atoms with Crippen LogP contribution in [0.3, 0.4) is 0 Å². The van der Waals surface area contributed by atoms with Gasteiger partial charge in [-0.25, -0.2) is 4.99 Å². The zero-order valence-electron chi connectivity index (χ0n) is 16.1. The van der Waals surface area contributed by atoms with Gasteiger partial charge in [0.05, 0.1) is 6.54 Å². The minimum absolute atomic E-state index is 0. The van der Waals surface area contributed by atoms with E-state index < -0.39 is 0 Å². The highest BCUT2D eigenvalue weighted by Crippen LogP contribution is 2.07. The number of nitrogens with one attached hydrogen (secondary N) is 3. The van der Waals surface area contributed by atoms with E-state index in [-0.39, 0.29) is 35.9 Å². The van der Waals surface area contributed by atoms with E-state index in [0.717, 1.165) is 30.9 Å². The second-order valence-corrected chi connectivity index (χ2v) is 6.13. The van der Waals surface area contributed by atoms with Gasteiger partial charge in [-0.3, -0.25) is 4.79 Å². The Morgan fingerprint density at radius 2 is 1.72 bits per heavy atom. The van der Waals surface area contributed by atoms with Crippen LogP contribution >= 0.6 is 24.0 Å². The van der Waals surface area contributed by atoms with Gasteiger partial charge in [-0.2, -0.15) is 0 Å². The summed E-state index contributed by atoms with van der Waals surface area (Å²) < 4.78 is 0. The molecule has 0 saturated carbocycles. The van der Waals surface area contributed by atoms with Gasteiger partial charge in [-0.15, -0.1) is 24.0 Å². The SMILES string of the molecule is CCNC(=NCc1cccc(C(=O)NC(C)CC)c1)NC(C)CC.I. The number of amides is 1. The van der Waals surface area contributed by atoms with Crippen LogP contribution < -0.4 is 16.0 Å². The van der Waals surface area contributed by atoms with Gasteiger partial charge in [-0.05, 0) is 51.3 Å². The fourth-order valence-electron chi connectivity index (χ4n) is 2.05. The molecule has 25 heavy (non-hydrogen) atoms. The van der Waals surface area contributed by atoms with Crippen molar-refractivity contribution >= 4 is 35.8 Å². The third-order valence-corrected chi connectivity index (χ3v) is 3.94. The minimum atomic E-state index is -0.0279. The first kappa shape index (κ1) is 23.7. The van der Waals surface area contributed by atoms with Crippen LogP contribution in [0.15, 0.2) is 29.3 Å². The Kier molecular flexibility index (Phi) is 12.3.